The molecule has 0 aromatic heterocycles. The number of hydrazine groups is 1. The van der Waals surface area contributed by atoms with Gasteiger partial charge in [-0.2, -0.15) is 0 Å². The number of amides is 1. The normalized spacial score (nSPS) is 15.1. The van der Waals surface area contributed by atoms with Gasteiger partial charge in [0.25, 0.3) is 0 Å². The van der Waals surface area contributed by atoms with Crippen LogP contribution in [0.1, 0.15) is 18.4 Å². The molecule has 120 valence electrons. The van der Waals surface area contributed by atoms with Gasteiger partial charge in [-0.1, -0.05) is 16.8 Å². The van der Waals surface area contributed by atoms with Gasteiger partial charge in [-0.15, -0.1) is 0 Å². The zero-order valence-electron chi connectivity index (χ0n) is 11.9. The van der Waals surface area contributed by atoms with Crippen LogP contribution in [0, 0.1) is 5.82 Å². The Bertz CT molecular complexity index is 567. The molecule has 2 N–H and O–H groups in total. The van der Waals surface area contributed by atoms with E-state index in [0.717, 1.165) is 37.4 Å². The molecular weight excluding hydrogens is 331 g/mol. The van der Waals surface area contributed by atoms with Crippen molar-refractivity contribution in [1.29, 1.82) is 0 Å². The molecule has 0 spiro atoms. The fourth-order valence-electron chi connectivity index (χ4n) is 1.85. The summed E-state index contributed by atoms with van der Waals surface area (Å²) >= 11 is 6.72. The maximum atomic E-state index is 13.9. The Labute approximate surface area is 137 Å². The molecule has 0 atom stereocenters. The highest BCUT2D eigenvalue weighted by Gasteiger charge is 2.18. The standard InChI is InChI=1S/C13H16ClFN4O2S/c1-21-17-8-9-6-12(11(15)7-10(9)14)18-22-13(20)19-5-3-2-4-16-19/h6-8,16,18H,2-5H2,1H3/b17-8+. The topological polar surface area (TPSA) is 66.0 Å². The van der Waals surface area contributed by atoms with E-state index in [1.54, 1.807) is 0 Å². The van der Waals surface area contributed by atoms with E-state index < -0.39 is 5.82 Å². The van der Waals surface area contributed by atoms with Crippen LogP contribution in [0.2, 0.25) is 5.02 Å². The highest BCUT2D eigenvalue weighted by atomic mass is 35.5. The van der Waals surface area contributed by atoms with Gasteiger partial charge >= 0.3 is 5.24 Å². The van der Waals surface area contributed by atoms with Gasteiger partial charge < -0.3 is 9.56 Å². The van der Waals surface area contributed by atoms with E-state index in [4.69, 9.17) is 11.6 Å². The summed E-state index contributed by atoms with van der Waals surface area (Å²) in [5.41, 5.74) is 3.62. The van der Waals surface area contributed by atoms with Gasteiger partial charge in [-0.3, -0.25) is 9.80 Å². The first kappa shape index (κ1) is 16.9. The van der Waals surface area contributed by atoms with Crippen LogP contribution in [0.4, 0.5) is 14.9 Å². The van der Waals surface area contributed by atoms with Crippen molar-refractivity contribution < 1.29 is 14.0 Å². The molecule has 0 unspecified atom stereocenters. The fourth-order valence-corrected chi connectivity index (χ4v) is 2.67. The number of rotatable bonds is 4. The Morgan fingerprint density at radius 3 is 3.09 bits per heavy atom. The Morgan fingerprint density at radius 2 is 2.41 bits per heavy atom. The highest BCUT2D eigenvalue weighted by molar-refractivity contribution is 8.14. The number of oxime groups is 1. The van der Waals surface area contributed by atoms with Gasteiger partial charge in [-0.25, -0.2) is 9.82 Å². The third-order valence-electron chi connectivity index (χ3n) is 2.96. The summed E-state index contributed by atoms with van der Waals surface area (Å²) < 4.78 is 16.6. The van der Waals surface area contributed by atoms with E-state index in [1.165, 1.54) is 24.4 Å². The van der Waals surface area contributed by atoms with Crippen LogP contribution < -0.4 is 10.1 Å². The highest BCUT2D eigenvalue weighted by Crippen LogP contribution is 2.26. The van der Waals surface area contributed by atoms with Crippen LogP contribution in [0.3, 0.4) is 0 Å². The molecule has 0 bridgehead atoms. The Morgan fingerprint density at radius 1 is 1.59 bits per heavy atom. The molecule has 1 aliphatic heterocycles. The van der Waals surface area contributed by atoms with Crippen molar-refractivity contribution in [3.63, 3.8) is 0 Å². The maximum Gasteiger partial charge on any atom is 0.316 e. The molecule has 22 heavy (non-hydrogen) atoms. The van der Waals surface area contributed by atoms with Crippen LogP contribution in [0.25, 0.3) is 0 Å². The first-order chi connectivity index (χ1) is 10.6. The number of hydrogen-bond donors (Lipinski definition) is 2. The smallest absolute Gasteiger partial charge is 0.316 e. The molecule has 1 amide bonds. The van der Waals surface area contributed by atoms with Crippen molar-refractivity contribution in [2.24, 2.45) is 5.16 Å². The molecule has 1 fully saturated rings. The summed E-state index contributed by atoms with van der Waals surface area (Å²) in [4.78, 5) is 16.5. The van der Waals surface area contributed by atoms with Crippen LogP contribution in [0.15, 0.2) is 17.3 Å². The molecule has 1 saturated heterocycles. The van der Waals surface area contributed by atoms with Crippen LogP contribution in [-0.4, -0.2) is 36.7 Å². The van der Waals surface area contributed by atoms with Crippen molar-refractivity contribution in [1.82, 2.24) is 10.4 Å². The largest absolute Gasteiger partial charge is 0.399 e. The monoisotopic (exact) mass is 346 g/mol. The van der Waals surface area contributed by atoms with E-state index >= 15 is 0 Å². The second-order valence-electron chi connectivity index (χ2n) is 4.51. The Hall–Kier alpha value is -1.51. The number of nitrogens with zero attached hydrogens (tertiary/aromatic N) is 2. The second kappa shape index (κ2) is 8.21. The van der Waals surface area contributed by atoms with Crippen LogP contribution >= 0.6 is 23.5 Å². The molecule has 2 rings (SSSR count). The lowest BCUT2D eigenvalue weighted by Gasteiger charge is -2.26. The maximum absolute atomic E-state index is 13.9. The lowest BCUT2D eigenvalue weighted by molar-refractivity contribution is 0.177. The summed E-state index contributed by atoms with van der Waals surface area (Å²) in [6.45, 7) is 1.40. The summed E-state index contributed by atoms with van der Waals surface area (Å²) in [5, 5.41) is 5.09. The number of nitrogens with one attached hydrogen (secondary N) is 2. The number of carbonyl (C=O) groups is 1. The Kier molecular flexibility index (Phi) is 6.29. The average molecular weight is 347 g/mol. The number of halogens is 2. The summed E-state index contributed by atoms with van der Waals surface area (Å²) in [7, 11) is 1.40. The molecule has 1 aromatic rings. The van der Waals surface area contributed by atoms with E-state index in [0.29, 0.717) is 12.1 Å². The van der Waals surface area contributed by atoms with Crippen molar-refractivity contribution in [3.05, 3.63) is 28.5 Å². The van der Waals surface area contributed by atoms with Crippen LogP contribution in [-0.2, 0) is 4.84 Å². The van der Waals surface area contributed by atoms with Crippen molar-refractivity contribution >= 4 is 40.7 Å². The van der Waals surface area contributed by atoms with Crippen molar-refractivity contribution in [2.75, 3.05) is 24.9 Å². The zero-order chi connectivity index (χ0) is 15.9. The van der Waals surface area contributed by atoms with Crippen molar-refractivity contribution in [2.45, 2.75) is 12.8 Å². The third-order valence-corrected chi connectivity index (χ3v) is 4.01. The van der Waals surface area contributed by atoms with E-state index in [2.05, 4.69) is 20.1 Å². The minimum absolute atomic E-state index is 0.150. The summed E-state index contributed by atoms with van der Waals surface area (Å²) in [5.74, 6) is -0.550. The number of anilines is 1. The molecule has 0 saturated carbocycles. The molecule has 9 heteroatoms. The predicted molar refractivity (Wildman–Crippen MR) is 86.6 cm³/mol. The molecular formula is C13H16ClFN4O2S. The number of benzene rings is 1. The Balaban J connectivity index is 2.02. The first-order valence-corrected chi connectivity index (χ1v) is 7.84. The fraction of sp³-hybridized carbons (Fsp3) is 0.385. The minimum Gasteiger partial charge on any atom is -0.399 e. The lowest BCUT2D eigenvalue weighted by Crippen LogP contribution is -2.45. The number of hydrogen-bond acceptors (Lipinski definition) is 6. The zero-order valence-corrected chi connectivity index (χ0v) is 13.5. The summed E-state index contributed by atoms with van der Waals surface area (Å²) in [6.07, 6.45) is 3.35. The molecule has 0 aliphatic carbocycles. The molecule has 6 nitrogen and oxygen atoms in total. The first-order valence-electron chi connectivity index (χ1n) is 6.65. The van der Waals surface area contributed by atoms with Gasteiger partial charge in [0.05, 0.1) is 16.9 Å². The third kappa shape index (κ3) is 4.49. The quantitative estimate of drug-likeness (QED) is 0.498. The molecule has 1 aromatic carbocycles. The van der Waals surface area contributed by atoms with Gasteiger partial charge in [0.2, 0.25) is 0 Å². The van der Waals surface area contributed by atoms with Gasteiger partial charge in [0.1, 0.15) is 12.9 Å². The average Bonchev–Trinajstić information content (AvgIpc) is 2.53. The summed E-state index contributed by atoms with van der Waals surface area (Å²) in [6, 6.07) is 2.62. The van der Waals surface area contributed by atoms with E-state index in [-0.39, 0.29) is 15.9 Å². The van der Waals surface area contributed by atoms with Gasteiger partial charge in [0.15, 0.2) is 0 Å². The van der Waals surface area contributed by atoms with Gasteiger partial charge in [-0.05, 0) is 25.0 Å². The van der Waals surface area contributed by atoms with Crippen molar-refractivity contribution in [3.8, 4) is 0 Å². The lowest BCUT2D eigenvalue weighted by atomic mass is 10.2. The second-order valence-corrected chi connectivity index (χ2v) is 5.67. The SMILES string of the molecule is CO/N=C/c1cc(NSC(=O)N2CCCCN2)c(F)cc1Cl. The minimum atomic E-state index is -0.550. The molecule has 1 heterocycles. The predicted octanol–water partition coefficient (Wildman–Crippen LogP) is 3.24. The van der Waals surface area contributed by atoms with E-state index in [1.807, 2.05) is 0 Å². The molecule has 0 radical (unpaired) electrons. The van der Waals surface area contributed by atoms with Crippen LogP contribution in [0.5, 0.6) is 0 Å². The molecule has 1 aliphatic rings. The van der Waals surface area contributed by atoms with Gasteiger partial charge in [0, 0.05) is 30.6 Å². The van der Waals surface area contributed by atoms with E-state index in [9.17, 15) is 9.18 Å². The number of carbonyl (C=O) groups excluding carboxylic acids is 1.